The Hall–Kier alpha value is -3.66. The van der Waals surface area contributed by atoms with E-state index in [1.807, 2.05) is 24.3 Å². The highest BCUT2D eigenvalue weighted by Gasteiger charge is 2.24. The van der Waals surface area contributed by atoms with Crippen LogP contribution in [0.1, 0.15) is 18.1 Å². The van der Waals surface area contributed by atoms with Gasteiger partial charge in [0.2, 0.25) is 5.95 Å². The van der Waals surface area contributed by atoms with Crippen LogP contribution in [-0.4, -0.2) is 42.5 Å². The summed E-state index contributed by atoms with van der Waals surface area (Å²) < 4.78 is 46.4. The fourth-order valence-electron chi connectivity index (χ4n) is 3.26. The number of nitrogens with one attached hydrogen (secondary N) is 2. The van der Waals surface area contributed by atoms with Gasteiger partial charge in [0.1, 0.15) is 0 Å². The minimum Gasteiger partial charge on any atom is -0.378 e. The Morgan fingerprint density at radius 1 is 1.09 bits per heavy atom. The molecule has 2 N–H and O–H groups in total. The van der Waals surface area contributed by atoms with E-state index in [-0.39, 0.29) is 17.3 Å². The van der Waals surface area contributed by atoms with Crippen molar-refractivity contribution < 1.29 is 17.9 Å². The van der Waals surface area contributed by atoms with Crippen LogP contribution >= 0.6 is 0 Å². The van der Waals surface area contributed by atoms with Gasteiger partial charge in [-0.25, -0.2) is 23.6 Å². The molecule has 4 rings (SSSR count). The summed E-state index contributed by atoms with van der Waals surface area (Å²) in [6, 6.07) is 13.4. The first-order valence-corrected chi connectivity index (χ1v) is 10.4. The molecule has 7 nitrogen and oxygen atoms in total. The number of hydrazone groups is 1. The third-order valence-electron chi connectivity index (χ3n) is 4.98. The second kappa shape index (κ2) is 9.86. The van der Waals surface area contributed by atoms with Crippen LogP contribution in [0.3, 0.4) is 0 Å². The summed E-state index contributed by atoms with van der Waals surface area (Å²) in [6.45, 7) is 3.02. The number of morpholine rings is 1. The molecule has 1 aliphatic rings. The zero-order valence-corrected chi connectivity index (χ0v) is 17.9. The van der Waals surface area contributed by atoms with Crippen molar-refractivity contribution in [1.29, 1.82) is 0 Å². The monoisotopic (exact) mass is 456 g/mol. The van der Waals surface area contributed by atoms with E-state index >= 15 is 0 Å². The van der Waals surface area contributed by atoms with Crippen LogP contribution in [-0.2, 0) is 10.7 Å². The molecule has 1 fully saturated rings. The van der Waals surface area contributed by atoms with Gasteiger partial charge in [0.15, 0.2) is 11.6 Å². The third-order valence-corrected chi connectivity index (χ3v) is 4.98. The molecular weight excluding hydrogens is 433 g/mol. The number of aromatic nitrogens is 2. The molecule has 0 spiro atoms. The average Bonchev–Trinajstić information content (AvgIpc) is 2.81. The minimum atomic E-state index is -2.90. The van der Waals surface area contributed by atoms with Crippen molar-refractivity contribution in [3.63, 3.8) is 0 Å². The lowest BCUT2D eigenvalue weighted by molar-refractivity contribution is 0.0175. The largest absolute Gasteiger partial charge is 0.378 e. The highest BCUT2D eigenvalue weighted by molar-refractivity contribution is 5.81. The van der Waals surface area contributed by atoms with Crippen LogP contribution in [0.5, 0.6) is 0 Å². The van der Waals surface area contributed by atoms with Gasteiger partial charge < -0.3 is 15.0 Å². The van der Waals surface area contributed by atoms with Crippen LogP contribution in [0.2, 0.25) is 0 Å². The number of hydrogen-bond acceptors (Lipinski definition) is 7. The molecule has 33 heavy (non-hydrogen) atoms. The Bertz CT molecular complexity index is 1110. The first-order chi connectivity index (χ1) is 15.9. The van der Waals surface area contributed by atoms with Gasteiger partial charge in [-0.15, -0.1) is 0 Å². The second-order valence-corrected chi connectivity index (χ2v) is 7.55. The normalized spacial score (nSPS) is 14.5. The van der Waals surface area contributed by atoms with Gasteiger partial charge in [0, 0.05) is 37.0 Å². The lowest BCUT2D eigenvalue weighted by Crippen LogP contribution is -2.37. The average molecular weight is 456 g/mol. The molecule has 0 aliphatic carbocycles. The van der Waals surface area contributed by atoms with Gasteiger partial charge in [0.05, 0.1) is 25.6 Å². The van der Waals surface area contributed by atoms with Gasteiger partial charge in [-0.05, 0) is 29.8 Å². The molecule has 0 atom stereocenters. The first-order valence-electron chi connectivity index (χ1n) is 10.4. The number of benzene rings is 2. The Labute approximate surface area is 189 Å². The maximum atomic E-state index is 14.1. The molecule has 1 aliphatic heterocycles. The van der Waals surface area contributed by atoms with Crippen LogP contribution < -0.4 is 15.6 Å². The molecule has 1 aromatic heterocycles. The predicted molar refractivity (Wildman–Crippen MR) is 122 cm³/mol. The Morgan fingerprint density at radius 3 is 2.58 bits per heavy atom. The Morgan fingerprint density at radius 2 is 1.85 bits per heavy atom. The minimum absolute atomic E-state index is 0.0536. The fourth-order valence-corrected chi connectivity index (χ4v) is 3.26. The van der Waals surface area contributed by atoms with Crippen molar-refractivity contribution in [2.24, 2.45) is 5.10 Å². The molecule has 0 amide bonds. The van der Waals surface area contributed by atoms with Crippen LogP contribution in [0.4, 0.5) is 36.3 Å². The number of halogens is 3. The van der Waals surface area contributed by atoms with Gasteiger partial charge in [0.25, 0.3) is 5.92 Å². The van der Waals surface area contributed by atoms with E-state index in [0.717, 1.165) is 24.4 Å². The van der Waals surface area contributed by atoms with Crippen molar-refractivity contribution >= 4 is 29.4 Å². The molecule has 2 heterocycles. The lowest BCUT2D eigenvalue weighted by atomic mass is 10.1. The topological polar surface area (TPSA) is 74.7 Å². The number of ether oxygens (including phenoxy) is 1. The maximum absolute atomic E-state index is 14.1. The molecule has 0 unspecified atom stereocenters. The maximum Gasteiger partial charge on any atom is 0.270 e. The quantitative estimate of drug-likeness (QED) is 0.395. The van der Waals surface area contributed by atoms with Gasteiger partial charge in [-0.2, -0.15) is 10.1 Å². The lowest BCUT2D eigenvalue weighted by Gasteiger charge is -2.27. The van der Waals surface area contributed by atoms with E-state index < -0.39 is 11.7 Å². The Balaban J connectivity index is 1.37. The summed E-state index contributed by atoms with van der Waals surface area (Å²) in [5, 5.41) is 7.22. The number of rotatable bonds is 7. The van der Waals surface area contributed by atoms with Gasteiger partial charge in [-0.1, -0.05) is 24.3 Å². The van der Waals surface area contributed by atoms with E-state index in [1.165, 1.54) is 12.1 Å². The van der Waals surface area contributed by atoms with E-state index in [9.17, 15) is 13.2 Å². The summed E-state index contributed by atoms with van der Waals surface area (Å²) >= 11 is 0. The first kappa shape index (κ1) is 22.5. The summed E-state index contributed by atoms with van der Waals surface area (Å²) in [5.74, 6) is -3.00. The van der Waals surface area contributed by atoms with Crippen molar-refractivity contribution in [2.45, 2.75) is 12.8 Å². The number of nitrogens with zero attached hydrogens (tertiary/aromatic N) is 4. The summed E-state index contributed by atoms with van der Waals surface area (Å²) in [7, 11) is 0. The zero-order valence-electron chi connectivity index (χ0n) is 17.9. The third kappa shape index (κ3) is 5.98. The SMILES string of the molecule is CC(F)(F)c1cccc(Nc2ccc(/C=N/Nc3ncc(F)c(N4CCOCC4)n3)cc2)c1. The summed E-state index contributed by atoms with van der Waals surface area (Å²) in [6.07, 6.45) is 2.68. The predicted octanol–water partition coefficient (Wildman–Crippen LogP) is 4.75. The van der Waals surface area contributed by atoms with Crippen LogP contribution in [0.25, 0.3) is 0 Å². The second-order valence-electron chi connectivity index (χ2n) is 7.55. The fraction of sp³-hybridized carbons (Fsp3) is 0.261. The number of alkyl halides is 2. The van der Waals surface area contributed by atoms with Crippen molar-refractivity contribution in [3.8, 4) is 0 Å². The Kier molecular flexibility index (Phi) is 6.74. The summed E-state index contributed by atoms with van der Waals surface area (Å²) in [5.41, 5.74) is 4.76. The van der Waals surface area contributed by atoms with E-state index in [2.05, 4.69) is 25.8 Å². The highest BCUT2D eigenvalue weighted by Crippen LogP contribution is 2.29. The van der Waals surface area contributed by atoms with Crippen LogP contribution in [0, 0.1) is 5.82 Å². The van der Waals surface area contributed by atoms with Crippen molar-refractivity contribution in [2.75, 3.05) is 41.9 Å². The van der Waals surface area contributed by atoms with E-state index in [4.69, 9.17) is 4.74 Å². The highest BCUT2D eigenvalue weighted by atomic mass is 19.3. The number of hydrogen-bond donors (Lipinski definition) is 2. The number of anilines is 4. The van der Waals surface area contributed by atoms with E-state index in [0.29, 0.717) is 32.0 Å². The van der Waals surface area contributed by atoms with E-state index in [1.54, 1.807) is 23.2 Å². The molecule has 1 saturated heterocycles. The van der Waals surface area contributed by atoms with Crippen LogP contribution in [0.15, 0.2) is 59.8 Å². The molecule has 172 valence electrons. The molecule has 10 heteroatoms. The molecule has 2 aromatic carbocycles. The molecular formula is C23H23F3N6O. The van der Waals surface area contributed by atoms with Gasteiger partial charge in [-0.3, -0.25) is 0 Å². The zero-order chi connectivity index (χ0) is 23.3. The molecule has 0 saturated carbocycles. The summed E-state index contributed by atoms with van der Waals surface area (Å²) in [4.78, 5) is 9.93. The molecule has 0 bridgehead atoms. The standard InChI is InChI=1S/C23H23F3N6O/c1-23(25,26)17-3-2-4-19(13-17)29-18-7-5-16(6-8-18)14-28-31-22-27-15-20(24)21(30-22)32-9-11-33-12-10-32/h2-8,13-15,29H,9-12H2,1H3,(H,27,30,31)/b28-14+. The smallest absolute Gasteiger partial charge is 0.270 e. The molecule has 3 aromatic rings. The van der Waals surface area contributed by atoms with Gasteiger partial charge >= 0.3 is 0 Å². The molecule has 0 radical (unpaired) electrons. The van der Waals surface area contributed by atoms with Crippen molar-refractivity contribution in [3.05, 3.63) is 71.7 Å². The van der Waals surface area contributed by atoms with Crippen molar-refractivity contribution in [1.82, 2.24) is 9.97 Å².